The molecule has 0 saturated carbocycles. The molecule has 0 aliphatic heterocycles. The van der Waals surface area contributed by atoms with Crippen LogP contribution in [0.4, 0.5) is 5.69 Å². The average Bonchev–Trinajstić information content (AvgIpc) is 3.17. The van der Waals surface area contributed by atoms with Crippen LogP contribution in [0.5, 0.6) is 0 Å². The predicted octanol–water partition coefficient (Wildman–Crippen LogP) is 3.91. The van der Waals surface area contributed by atoms with Crippen molar-refractivity contribution >= 4 is 17.2 Å². The summed E-state index contributed by atoms with van der Waals surface area (Å²) >= 11 is 0. The number of aryl methyl sites for hydroxylation is 3. The van der Waals surface area contributed by atoms with Gasteiger partial charge in [0.15, 0.2) is 0 Å². The van der Waals surface area contributed by atoms with Crippen LogP contribution in [0, 0.1) is 20.8 Å². The molecule has 1 aromatic carbocycles. The fourth-order valence-electron chi connectivity index (χ4n) is 3.28. The second-order valence-corrected chi connectivity index (χ2v) is 6.75. The predicted molar refractivity (Wildman–Crippen MR) is 106 cm³/mol. The van der Waals surface area contributed by atoms with Crippen LogP contribution < -0.4 is 5.32 Å². The molecule has 0 fully saturated rings. The maximum Gasteiger partial charge on any atom is 0.259 e. The van der Waals surface area contributed by atoms with Crippen LogP contribution in [-0.2, 0) is 7.05 Å². The van der Waals surface area contributed by atoms with E-state index in [1.165, 1.54) is 0 Å². The van der Waals surface area contributed by atoms with E-state index in [2.05, 4.69) is 15.4 Å². The maximum atomic E-state index is 12.8. The highest BCUT2D eigenvalue weighted by Crippen LogP contribution is 2.26. The number of hydrogen-bond acceptors (Lipinski definition) is 3. The number of anilines is 1. The zero-order valence-electron chi connectivity index (χ0n) is 15.8. The van der Waals surface area contributed by atoms with E-state index >= 15 is 0 Å². The van der Waals surface area contributed by atoms with E-state index in [0.717, 1.165) is 39.5 Å². The summed E-state index contributed by atoms with van der Waals surface area (Å²) in [5, 5.41) is 7.37. The highest BCUT2D eigenvalue weighted by atomic mass is 16.1. The van der Waals surface area contributed by atoms with Crippen LogP contribution in [0.2, 0.25) is 0 Å². The van der Waals surface area contributed by atoms with Gasteiger partial charge in [0.05, 0.1) is 17.0 Å². The van der Waals surface area contributed by atoms with E-state index in [9.17, 15) is 4.79 Å². The number of hydrogen-bond donors (Lipinski definition) is 1. The van der Waals surface area contributed by atoms with Crippen LogP contribution in [0.15, 0.2) is 48.8 Å². The van der Waals surface area contributed by atoms with Crippen LogP contribution in [0.3, 0.4) is 0 Å². The number of nitrogens with zero attached hydrogens (tertiary/aromatic N) is 4. The van der Waals surface area contributed by atoms with Gasteiger partial charge in [-0.25, -0.2) is 4.98 Å². The molecular weight excluding hydrogens is 338 g/mol. The fraction of sp³-hybridized carbons (Fsp3) is 0.190. The van der Waals surface area contributed by atoms with Crippen molar-refractivity contribution in [2.45, 2.75) is 20.8 Å². The Morgan fingerprint density at radius 1 is 1.11 bits per heavy atom. The molecule has 0 saturated heterocycles. The van der Waals surface area contributed by atoms with Crippen molar-refractivity contribution in [2.24, 2.45) is 7.05 Å². The standard InChI is InChI=1S/C21H21N5O/c1-13-8-9-16(18-12-26-10-6-5-7-19(26)22-18)11-17(13)23-21(27)20-14(2)24-25(4)15(20)3/h5-12H,1-4H3,(H,23,27). The van der Waals surface area contributed by atoms with Crippen LogP contribution in [0.1, 0.15) is 27.3 Å². The summed E-state index contributed by atoms with van der Waals surface area (Å²) in [6.07, 6.45) is 3.96. The topological polar surface area (TPSA) is 64.2 Å². The van der Waals surface area contributed by atoms with E-state index in [1.54, 1.807) is 4.68 Å². The molecule has 3 heterocycles. The maximum absolute atomic E-state index is 12.8. The van der Waals surface area contributed by atoms with Crippen molar-refractivity contribution in [3.05, 3.63) is 71.3 Å². The Morgan fingerprint density at radius 2 is 1.93 bits per heavy atom. The Kier molecular flexibility index (Phi) is 4.03. The number of fused-ring (bicyclic) bond motifs is 1. The first-order valence-corrected chi connectivity index (χ1v) is 8.80. The van der Waals surface area contributed by atoms with Crippen molar-refractivity contribution in [1.29, 1.82) is 0 Å². The summed E-state index contributed by atoms with van der Waals surface area (Å²) in [5.74, 6) is -0.145. The highest BCUT2D eigenvalue weighted by molar-refractivity contribution is 6.06. The van der Waals surface area contributed by atoms with E-state index in [1.807, 2.05) is 81.0 Å². The first-order chi connectivity index (χ1) is 12.9. The van der Waals surface area contributed by atoms with E-state index in [4.69, 9.17) is 0 Å². The van der Waals surface area contributed by atoms with Crippen LogP contribution in [-0.4, -0.2) is 25.1 Å². The van der Waals surface area contributed by atoms with Gasteiger partial charge in [-0.05, 0) is 44.5 Å². The Morgan fingerprint density at radius 3 is 2.63 bits per heavy atom. The summed E-state index contributed by atoms with van der Waals surface area (Å²) in [6, 6.07) is 11.9. The molecule has 0 bridgehead atoms. The lowest BCUT2D eigenvalue weighted by molar-refractivity contribution is 0.102. The minimum atomic E-state index is -0.145. The summed E-state index contributed by atoms with van der Waals surface area (Å²) < 4.78 is 3.71. The Bertz CT molecular complexity index is 1140. The third-order valence-electron chi connectivity index (χ3n) is 4.88. The number of benzene rings is 1. The zero-order valence-corrected chi connectivity index (χ0v) is 15.8. The Balaban J connectivity index is 1.69. The second-order valence-electron chi connectivity index (χ2n) is 6.75. The number of nitrogens with one attached hydrogen (secondary N) is 1. The normalized spacial score (nSPS) is 11.1. The molecule has 6 nitrogen and oxygen atoms in total. The van der Waals surface area contributed by atoms with Crippen LogP contribution >= 0.6 is 0 Å². The number of carbonyl (C=O) groups is 1. The molecule has 136 valence electrons. The van der Waals surface area contributed by atoms with Crippen molar-refractivity contribution in [3.8, 4) is 11.3 Å². The van der Waals surface area contributed by atoms with Gasteiger partial charge in [-0.1, -0.05) is 18.2 Å². The van der Waals surface area contributed by atoms with Gasteiger partial charge in [-0.3, -0.25) is 9.48 Å². The molecule has 3 aromatic heterocycles. The molecule has 0 aliphatic rings. The van der Waals surface area contributed by atoms with Gasteiger partial charge in [0.25, 0.3) is 5.91 Å². The van der Waals surface area contributed by atoms with Gasteiger partial charge in [-0.15, -0.1) is 0 Å². The van der Waals surface area contributed by atoms with Crippen molar-refractivity contribution in [2.75, 3.05) is 5.32 Å². The van der Waals surface area contributed by atoms with Gasteiger partial charge in [0.2, 0.25) is 0 Å². The van der Waals surface area contributed by atoms with E-state index < -0.39 is 0 Å². The van der Waals surface area contributed by atoms with Gasteiger partial charge in [0, 0.05) is 36.4 Å². The molecule has 27 heavy (non-hydrogen) atoms. The monoisotopic (exact) mass is 359 g/mol. The number of pyridine rings is 1. The van der Waals surface area contributed by atoms with Crippen molar-refractivity contribution in [3.63, 3.8) is 0 Å². The molecule has 1 amide bonds. The highest BCUT2D eigenvalue weighted by Gasteiger charge is 2.18. The average molecular weight is 359 g/mol. The summed E-state index contributed by atoms with van der Waals surface area (Å²) in [6.45, 7) is 5.72. The number of carbonyl (C=O) groups excluding carboxylic acids is 1. The molecule has 0 unspecified atom stereocenters. The number of amides is 1. The molecule has 0 radical (unpaired) electrons. The second kappa shape index (κ2) is 6.39. The first-order valence-electron chi connectivity index (χ1n) is 8.80. The summed E-state index contributed by atoms with van der Waals surface area (Å²) in [7, 11) is 1.84. The fourth-order valence-corrected chi connectivity index (χ4v) is 3.28. The third-order valence-corrected chi connectivity index (χ3v) is 4.88. The van der Waals surface area contributed by atoms with Crippen LogP contribution in [0.25, 0.3) is 16.9 Å². The molecule has 4 aromatic rings. The largest absolute Gasteiger partial charge is 0.322 e. The van der Waals surface area contributed by atoms with E-state index in [0.29, 0.717) is 5.56 Å². The SMILES string of the molecule is Cc1ccc(-c2cn3ccccc3n2)cc1NC(=O)c1c(C)nn(C)c1C. The number of rotatable bonds is 3. The van der Waals surface area contributed by atoms with Gasteiger partial charge >= 0.3 is 0 Å². The minimum absolute atomic E-state index is 0.145. The van der Waals surface area contributed by atoms with E-state index in [-0.39, 0.29) is 5.91 Å². The van der Waals surface area contributed by atoms with Gasteiger partial charge in [0.1, 0.15) is 5.65 Å². The lowest BCUT2D eigenvalue weighted by atomic mass is 10.1. The molecular formula is C21H21N5O. The summed E-state index contributed by atoms with van der Waals surface area (Å²) in [5.41, 5.74) is 6.67. The lowest BCUT2D eigenvalue weighted by Gasteiger charge is -2.10. The minimum Gasteiger partial charge on any atom is -0.322 e. The third kappa shape index (κ3) is 2.99. The number of aromatic nitrogens is 4. The zero-order chi connectivity index (χ0) is 19.1. The molecule has 0 spiro atoms. The molecule has 0 atom stereocenters. The Labute approximate surface area is 157 Å². The number of imidazole rings is 1. The molecule has 0 aliphatic carbocycles. The molecule has 1 N–H and O–H groups in total. The first kappa shape index (κ1) is 17.0. The Hall–Kier alpha value is -3.41. The summed E-state index contributed by atoms with van der Waals surface area (Å²) in [4.78, 5) is 17.5. The van der Waals surface area contributed by atoms with Crippen molar-refractivity contribution in [1.82, 2.24) is 19.2 Å². The molecule has 6 heteroatoms. The lowest BCUT2D eigenvalue weighted by Crippen LogP contribution is -2.15. The molecule has 4 rings (SSSR count). The smallest absolute Gasteiger partial charge is 0.259 e. The van der Waals surface area contributed by atoms with Gasteiger partial charge < -0.3 is 9.72 Å². The van der Waals surface area contributed by atoms with Gasteiger partial charge in [-0.2, -0.15) is 5.10 Å². The quantitative estimate of drug-likeness (QED) is 0.603. The van der Waals surface area contributed by atoms with Crippen molar-refractivity contribution < 1.29 is 4.79 Å².